The lowest BCUT2D eigenvalue weighted by molar-refractivity contribution is -0.120. The number of hydrogen-bond donors (Lipinski definition) is 0. The molecule has 0 heterocycles. The topological polar surface area (TPSA) is 43.4 Å². The van der Waals surface area contributed by atoms with Gasteiger partial charge in [0, 0.05) is 24.3 Å². The first-order valence-electron chi connectivity index (χ1n) is 6.91. The van der Waals surface area contributed by atoms with Gasteiger partial charge in [-0.3, -0.25) is 9.59 Å². The van der Waals surface area contributed by atoms with E-state index in [1.165, 1.54) is 0 Å². The molecule has 3 nitrogen and oxygen atoms in total. The standard InChI is InChI=1S/C16H20O3/c1-3-19-15-9-6-13(10-11(15)2)16(18)12-4-7-14(17)8-5-12/h6,9-10,12H,3-5,7-8H2,1-2H3. The molecule has 0 unspecified atom stereocenters. The fourth-order valence-corrected chi connectivity index (χ4v) is 2.56. The van der Waals surface area contributed by atoms with Gasteiger partial charge < -0.3 is 4.74 Å². The average Bonchev–Trinajstić information content (AvgIpc) is 2.41. The van der Waals surface area contributed by atoms with Crippen LogP contribution < -0.4 is 4.74 Å². The first-order valence-corrected chi connectivity index (χ1v) is 6.91. The predicted octanol–water partition coefficient (Wildman–Crippen LogP) is 3.34. The zero-order chi connectivity index (χ0) is 13.8. The summed E-state index contributed by atoms with van der Waals surface area (Å²) in [6, 6.07) is 5.58. The van der Waals surface area contributed by atoms with Gasteiger partial charge in [0.05, 0.1) is 6.61 Å². The second-order valence-electron chi connectivity index (χ2n) is 5.09. The van der Waals surface area contributed by atoms with Crippen LogP contribution >= 0.6 is 0 Å². The van der Waals surface area contributed by atoms with E-state index in [-0.39, 0.29) is 17.5 Å². The van der Waals surface area contributed by atoms with E-state index < -0.39 is 0 Å². The van der Waals surface area contributed by atoms with E-state index in [9.17, 15) is 9.59 Å². The minimum atomic E-state index is 0.00930. The summed E-state index contributed by atoms with van der Waals surface area (Å²) in [6.45, 7) is 4.52. The lowest BCUT2D eigenvalue weighted by Gasteiger charge is -2.20. The van der Waals surface area contributed by atoms with Gasteiger partial charge in [-0.25, -0.2) is 0 Å². The van der Waals surface area contributed by atoms with Crippen molar-refractivity contribution in [1.82, 2.24) is 0 Å². The van der Waals surface area contributed by atoms with Crippen molar-refractivity contribution in [3.8, 4) is 5.75 Å². The van der Waals surface area contributed by atoms with Crippen LogP contribution in [-0.2, 0) is 4.79 Å². The fraction of sp³-hybridized carbons (Fsp3) is 0.500. The highest BCUT2D eigenvalue weighted by atomic mass is 16.5. The van der Waals surface area contributed by atoms with Crippen molar-refractivity contribution in [3.63, 3.8) is 0 Å². The lowest BCUT2D eigenvalue weighted by atomic mass is 9.83. The largest absolute Gasteiger partial charge is 0.494 e. The molecule has 0 saturated heterocycles. The number of rotatable bonds is 4. The van der Waals surface area contributed by atoms with Crippen molar-refractivity contribution >= 4 is 11.6 Å². The highest BCUT2D eigenvalue weighted by molar-refractivity contribution is 5.99. The van der Waals surface area contributed by atoms with Gasteiger partial charge in [0.2, 0.25) is 0 Å². The van der Waals surface area contributed by atoms with E-state index in [0.717, 1.165) is 16.9 Å². The molecule has 1 aliphatic rings. The molecule has 0 amide bonds. The Kier molecular flexibility index (Phi) is 4.35. The Morgan fingerprint density at radius 2 is 2.00 bits per heavy atom. The van der Waals surface area contributed by atoms with E-state index in [4.69, 9.17) is 4.74 Å². The minimum Gasteiger partial charge on any atom is -0.494 e. The Morgan fingerprint density at radius 1 is 1.32 bits per heavy atom. The molecule has 0 aromatic heterocycles. The summed E-state index contributed by atoms with van der Waals surface area (Å²) in [5.74, 6) is 1.29. The van der Waals surface area contributed by atoms with E-state index in [0.29, 0.717) is 32.3 Å². The Morgan fingerprint density at radius 3 is 2.58 bits per heavy atom. The van der Waals surface area contributed by atoms with E-state index >= 15 is 0 Å². The van der Waals surface area contributed by atoms with Crippen LogP contribution in [0, 0.1) is 12.8 Å². The van der Waals surface area contributed by atoms with Crippen LogP contribution in [-0.4, -0.2) is 18.2 Å². The molecule has 102 valence electrons. The van der Waals surface area contributed by atoms with Gasteiger partial charge in [-0.1, -0.05) is 0 Å². The Hall–Kier alpha value is -1.64. The van der Waals surface area contributed by atoms with Crippen LogP contribution in [0.2, 0.25) is 0 Å². The SMILES string of the molecule is CCOc1ccc(C(=O)C2CCC(=O)CC2)cc1C. The maximum absolute atomic E-state index is 12.4. The van der Waals surface area contributed by atoms with Crippen LogP contribution in [0.4, 0.5) is 0 Å². The van der Waals surface area contributed by atoms with Crippen LogP contribution in [0.15, 0.2) is 18.2 Å². The molecule has 3 heteroatoms. The highest BCUT2D eigenvalue weighted by Gasteiger charge is 2.25. The summed E-state index contributed by atoms with van der Waals surface area (Å²) in [5.41, 5.74) is 1.72. The molecule has 1 aromatic rings. The van der Waals surface area contributed by atoms with Gasteiger partial charge in [0.15, 0.2) is 5.78 Å². The number of hydrogen-bond acceptors (Lipinski definition) is 3. The zero-order valence-corrected chi connectivity index (χ0v) is 11.6. The van der Waals surface area contributed by atoms with Crippen LogP contribution in [0.5, 0.6) is 5.75 Å². The summed E-state index contributed by atoms with van der Waals surface area (Å²) < 4.78 is 5.47. The molecular formula is C16H20O3. The van der Waals surface area contributed by atoms with E-state index in [1.807, 2.05) is 32.0 Å². The lowest BCUT2D eigenvalue weighted by Crippen LogP contribution is -2.21. The van der Waals surface area contributed by atoms with E-state index in [1.54, 1.807) is 0 Å². The van der Waals surface area contributed by atoms with Crippen molar-refractivity contribution < 1.29 is 14.3 Å². The monoisotopic (exact) mass is 260 g/mol. The summed E-state index contributed by atoms with van der Waals surface area (Å²) in [6.07, 6.45) is 2.49. The molecule has 1 fully saturated rings. The third-order valence-corrected chi connectivity index (χ3v) is 3.67. The number of carbonyl (C=O) groups is 2. The molecule has 1 saturated carbocycles. The molecule has 1 aliphatic carbocycles. The molecule has 0 aliphatic heterocycles. The van der Waals surface area contributed by atoms with Gasteiger partial charge in [-0.2, -0.15) is 0 Å². The smallest absolute Gasteiger partial charge is 0.165 e. The molecule has 19 heavy (non-hydrogen) atoms. The third-order valence-electron chi connectivity index (χ3n) is 3.67. The van der Waals surface area contributed by atoms with Gasteiger partial charge in [0.25, 0.3) is 0 Å². The summed E-state index contributed by atoms with van der Waals surface area (Å²) in [4.78, 5) is 23.6. The number of Topliss-reactive ketones (excluding diaryl/α,β-unsaturated/α-hetero) is 2. The van der Waals surface area contributed by atoms with Crippen LogP contribution in [0.1, 0.15) is 48.5 Å². The molecule has 0 spiro atoms. The normalized spacial score (nSPS) is 16.4. The van der Waals surface area contributed by atoms with Crippen molar-refractivity contribution in [1.29, 1.82) is 0 Å². The van der Waals surface area contributed by atoms with Gasteiger partial charge >= 0.3 is 0 Å². The first kappa shape index (κ1) is 13.8. The van der Waals surface area contributed by atoms with Crippen molar-refractivity contribution in [3.05, 3.63) is 29.3 Å². The average molecular weight is 260 g/mol. The minimum absolute atomic E-state index is 0.00930. The maximum Gasteiger partial charge on any atom is 0.165 e. The molecule has 0 atom stereocenters. The molecular weight excluding hydrogens is 240 g/mol. The molecule has 1 aromatic carbocycles. The summed E-state index contributed by atoms with van der Waals surface area (Å²) >= 11 is 0. The van der Waals surface area contributed by atoms with Gasteiger partial charge in [0.1, 0.15) is 11.5 Å². The molecule has 0 radical (unpaired) electrons. The quantitative estimate of drug-likeness (QED) is 0.780. The number of benzene rings is 1. The third kappa shape index (κ3) is 3.22. The fourth-order valence-electron chi connectivity index (χ4n) is 2.56. The van der Waals surface area contributed by atoms with Crippen LogP contribution in [0.25, 0.3) is 0 Å². The molecule has 0 bridgehead atoms. The van der Waals surface area contributed by atoms with Gasteiger partial charge in [-0.15, -0.1) is 0 Å². The number of aryl methyl sites for hydroxylation is 1. The van der Waals surface area contributed by atoms with Crippen molar-refractivity contribution in [2.24, 2.45) is 5.92 Å². The second-order valence-corrected chi connectivity index (χ2v) is 5.09. The maximum atomic E-state index is 12.4. The number of ketones is 2. The number of carbonyl (C=O) groups excluding carboxylic acids is 2. The van der Waals surface area contributed by atoms with Crippen LogP contribution in [0.3, 0.4) is 0 Å². The first-order chi connectivity index (χ1) is 9.11. The van der Waals surface area contributed by atoms with E-state index in [2.05, 4.69) is 0 Å². The second kappa shape index (κ2) is 6.00. The highest BCUT2D eigenvalue weighted by Crippen LogP contribution is 2.27. The molecule has 2 rings (SSSR count). The number of ether oxygens (including phenoxy) is 1. The Bertz CT molecular complexity index is 481. The summed E-state index contributed by atoms with van der Waals surface area (Å²) in [7, 11) is 0. The molecule has 0 N–H and O–H groups in total. The van der Waals surface area contributed by atoms with Gasteiger partial charge in [-0.05, 0) is 50.5 Å². The summed E-state index contributed by atoms with van der Waals surface area (Å²) in [5, 5.41) is 0. The zero-order valence-electron chi connectivity index (χ0n) is 11.6. The Labute approximate surface area is 114 Å². The van der Waals surface area contributed by atoms with Crippen molar-refractivity contribution in [2.45, 2.75) is 39.5 Å². The Balaban J connectivity index is 2.11. The van der Waals surface area contributed by atoms with Crippen molar-refractivity contribution in [2.75, 3.05) is 6.61 Å². The predicted molar refractivity (Wildman–Crippen MR) is 73.6 cm³/mol.